The maximum absolute atomic E-state index is 13.0. The first-order valence-electron chi connectivity index (χ1n) is 10.0. The highest BCUT2D eigenvalue weighted by molar-refractivity contribution is 5.68. The van der Waals surface area contributed by atoms with Gasteiger partial charge in [-0.15, -0.1) is 0 Å². The molecule has 1 saturated heterocycles. The second-order valence-electron chi connectivity index (χ2n) is 8.98. The zero-order valence-electron chi connectivity index (χ0n) is 15.3. The molecule has 3 unspecified atom stereocenters. The number of carbonyl (C=O) groups is 1. The molecular weight excluding hydrogens is 349 g/mol. The van der Waals surface area contributed by atoms with Gasteiger partial charge in [0.1, 0.15) is 17.7 Å². The molecule has 3 atom stereocenters. The van der Waals surface area contributed by atoms with Crippen LogP contribution < -0.4 is 5.32 Å². The Morgan fingerprint density at radius 3 is 2.74 bits per heavy atom. The number of nitrogens with one attached hydrogen (secondary N) is 1. The highest BCUT2D eigenvalue weighted by atomic mass is 19.1. The van der Waals surface area contributed by atoms with E-state index in [1.807, 2.05) is 0 Å². The van der Waals surface area contributed by atoms with E-state index in [2.05, 4.69) is 10.3 Å². The van der Waals surface area contributed by atoms with Crippen molar-refractivity contribution in [3.05, 3.63) is 24.1 Å². The molecule has 6 nitrogen and oxygen atoms in total. The SMILES string of the molecule is O=C(OC1C2CC3CC1CC(O)(C3)C2)N1CCC(Nc2ccc(F)cn2)C1. The molecule has 2 heterocycles. The second kappa shape index (κ2) is 6.33. The quantitative estimate of drug-likeness (QED) is 0.850. The number of carbonyl (C=O) groups excluding carboxylic acids is 1. The lowest BCUT2D eigenvalue weighted by Gasteiger charge is -2.57. The maximum Gasteiger partial charge on any atom is 0.410 e. The van der Waals surface area contributed by atoms with Crippen LogP contribution in [0.1, 0.15) is 38.5 Å². The van der Waals surface area contributed by atoms with Crippen LogP contribution in [0, 0.1) is 23.6 Å². The molecule has 0 radical (unpaired) electrons. The average Bonchev–Trinajstić information content (AvgIpc) is 3.07. The lowest BCUT2D eigenvalue weighted by Crippen LogP contribution is -2.58. The molecule has 27 heavy (non-hydrogen) atoms. The Morgan fingerprint density at radius 1 is 1.30 bits per heavy atom. The molecule has 146 valence electrons. The Bertz CT molecular complexity index is 712. The predicted molar refractivity (Wildman–Crippen MR) is 96.6 cm³/mol. The Balaban J connectivity index is 1.17. The van der Waals surface area contributed by atoms with E-state index in [4.69, 9.17) is 4.74 Å². The van der Waals surface area contributed by atoms with Crippen molar-refractivity contribution >= 4 is 11.9 Å². The third kappa shape index (κ3) is 3.26. The van der Waals surface area contributed by atoms with E-state index in [1.54, 1.807) is 11.0 Å². The van der Waals surface area contributed by atoms with Gasteiger partial charge in [0.15, 0.2) is 0 Å². The van der Waals surface area contributed by atoms with Crippen LogP contribution in [0.3, 0.4) is 0 Å². The van der Waals surface area contributed by atoms with Gasteiger partial charge in [-0.05, 0) is 68.4 Å². The summed E-state index contributed by atoms with van der Waals surface area (Å²) in [5.41, 5.74) is -0.510. The number of amides is 1. The van der Waals surface area contributed by atoms with Gasteiger partial charge < -0.3 is 20.1 Å². The van der Waals surface area contributed by atoms with Crippen LogP contribution in [-0.4, -0.2) is 51.9 Å². The Labute approximate surface area is 158 Å². The number of likely N-dealkylation sites (tertiary alicyclic amines) is 1. The first-order valence-corrected chi connectivity index (χ1v) is 10.0. The van der Waals surface area contributed by atoms with Crippen molar-refractivity contribution in [2.45, 2.75) is 56.3 Å². The fourth-order valence-corrected chi connectivity index (χ4v) is 6.03. The lowest BCUT2D eigenvalue weighted by atomic mass is 9.53. The van der Waals surface area contributed by atoms with Gasteiger partial charge in [-0.1, -0.05) is 0 Å². The summed E-state index contributed by atoms with van der Waals surface area (Å²) in [7, 11) is 0. The normalized spacial score (nSPS) is 39.6. The summed E-state index contributed by atoms with van der Waals surface area (Å²) in [5, 5.41) is 13.9. The minimum atomic E-state index is -0.510. The largest absolute Gasteiger partial charge is 0.446 e. The van der Waals surface area contributed by atoms with Gasteiger partial charge in [-0.2, -0.15) is 0 Å². The Kier molecular flexibility index (Phi) is 4.04. The number of nitrogens with zero attached hydrogens (tertiary/aromatic N) is 2. The van der Waals surface area contributed by atoms with Gasteiger partial charge in [0.05, 0.1) is 11.8 Å². The fraction of sp³-hybridized carbons (Fsp3) is 0.700. The van der Waals surface area contributed by atoms with Gasteiger partial charge in [0, 0.05) is 19.1 Å². The standard InChI is InChI=1S/C20H26FN3O3/c21-15-1-2-17(22-10-15)23-16-3-4-24(11-16)19(25)27-18-13-5-12-6-14(18)9-20(26,7-12)8-13/h1-2,10,12-14,16,18,26H,3-9,11H2,(H,22,23). The fourth-order valence-electron chi connectivity index (χ4n) is 6.03. The number of halogens is 1. The number of pyridine rings is 1. The van der Waals surface area contributed by atoms with Crippen LogP contribution >= 0.6 is 0 Å². The number of rotatable bonds is 3. The van der Waals surface area contributed by atoms with Crippen molar-refractivity contribution in [2.75, 3.05) is 18.4 Å². The molecule has 0 spiro atoms. The van der Waals surface area contributed by atoms with Crippen molar-refractivity contribution in [1.82, 2.24) is 9.88 Å². The number of hydrogen-bond donors (Lipinski definition) is 2. The summed E-state index contributed by atoms with van der Waals surface area (Å²) in [6, 6.07) is 3.07. The summed E-state index contributed by atoms with van der Waals surface area (Å²) < 4.78 is 18.9. The number of ether oxygens (including phenoxy) is 1. The van der Waals surface area contributed by atoms with Gasteiger partial charge >= 0.3 is 6.09 Å². The topological polar surface area (TPSA) is 74.7 Å². The van der Waals surface area contributed by atoms with Crippen LogP contribution in [0.15, 0.2) is 18.3 Å². The van der Waals surface area contributed by atoms with Crippen molar-refractivity contribution in [2.24, 2.45) is 17.8 Å². The lowest BCUT2D eigenvalue weighted by molar-refractivity contribution is -0.177. The average molecular weight is 375 g/mol. The third-order valence-electron chi connectivity index (χ3n) is 6.92. The van der Waals surface area contributed by atoms with E-state index in [-0.39, 0.29) is 24.1 Å². The number of aromatic nitrogens is 1. The molecule has 0 aromatic carbocycles. The van der Waals surface area contributed by atoms with Gasteiger partial charge in [0.2, 0.25) is 0 Å². The third-order valence-corrected chi connectivity index (χ3v) is 6.92. The molecule has 4 saturated carbocycles. The summed E-state index contributed by atoms with van der Waals surface area (Å²) in [4.78, 5) is 18.5. The molecule has 1 aromatic rings. The highest BCUT2D eigenvalue weighted by Gasteiger charge is 2.56. The first kappa shape index (κ1) is 17.2. The van der Waals surface area contributed by atoms with Crippen molar-refractivity contribution in [3.63, 3.8) is 0 Å². The second-order valence-corrected chi connectivity index (χ2v) is 8.98. The summed E-state index contributed by atoms with van der Waals surface area (Å²) >= 11 is 0. The number of anilines is 1. The summed E-state index contributed by atoms with van der Waals surface area (Å²) in [6.07, 6.45) is 6.36. The molecule has 2 N–H and O–H groups in total. The first-order chi connectivity index (χ1) is 13.0. The number of hydrogen-bond acceptors (Lipinski definition) is 5. The van der Waals surface area contributed by atoms with Crippen LogP contribution in [0.25, 0.3) is 0 Å². The van der Waals surface area contributed by atoms with E-state index < -0.39 is 5.60 Å². The maximum atomic E-state index is 13.0. The molecule has 1 amide bonds. The summed E-state index contributed by atoms with van der Waals surface area (Å²) in [5.74, 6) is 1.48. The van der Waals surface area contributed by atoms with Gasteiger partial charge in [-0.25, -0.2) is 14.2 Å². The van der Waals surface area contributed by atoms with E-state index >= 15 is 0 Å². The zero-order valence-corrected chi connectivity index (χ0v) is 15.3. The molecular formula is C20H26FN3O3. The molecule has 5 fully saturated rings. The molecule has 6 rings (SSSR count). The Hall–Kier alpha value is -1.89. The molecule has 7 heteroatoms. The minimum absolute atomic E-state index is 0.0416. The predicted octanol–water partition coefficient (Wildman–Crippen LogP) is 2.78. The van der Waals surface area contributed by atoms with Crippen LogP contribution in [0.2, 0.25) is 0 Å². The van der Waals surface area contributed by atoms with E-state index in [1.165, 1.54) is 12.3 Å². The van der Waals surface area contributed by atoms with Crippen molar-refractivity contribution in [3.8, 4) is 0 Å². The molecule has 4 bridgehead atoms. The zero-order chi connectivity index (χ0) is 18.6. The van der Waals surface area contributed by atoms with Crippen molar-refractivity contribution < 1.29 is 19.0 Å². The van der Waals surface area contributed by atoms with Crippen molar-refractivity contribution in [1.29, 1.82) is 0 Å². The number of aliphatic hydroxyl groups is 1. The summed E-state index contributed by atoms with van der Waals surface area (Å²) in [6.45, 7) is 1.21. The highest BCUT2D eigenvalue weighted by Crippen LogP contribution is 2.56. The van der Waals surface area contributed by atoms with Crippen LogP contribution in [0.4, 0.5) is 15.0 Å². The van der Waals surface area contributed by atoms with Crippen LogP contribution in [-0.2, 0) is 4.74 Å². The van der Waals surface area contributed by atoms with E-state index in [9.17, 15) is 14.3 Å². The van der Waals surface area contributed by atoms with Crippen LogP contribution in [0.5, 0.6) is 0 Å². The Morgan fingerprint density at radius 2 is 2.07 bits per heavy atom. The smallest absolute Gasteiger partial charge is 0.410 e. The minimum Gasteiger partial charge on any atom is -0.446 e. The molecule has 4 aliphatic carbocycles. The molecule has 1 aromatic heterocycles. The monoisotopic (exact) mass is 375 g/mol. The van der Waals surface area contributed by atoms with Gasteiger partial charge in [0.25, 0.3) is 0 Å². The molecule has 1 aliphatic heterocycles. The van der Waals surface area contributed by atoms with Gasteiger partial charge in [-0.3, -0.25) is 0 Å². The van der Waals surface area contributed by atoms with E-state index in [0.29, 0.717) is 36.7 Å². The van der Waals surface area contributed by atoms with E-state index in [0.717, 1.165) is 38.5 Å². The molecule has 5 aliphatic rings.